The number of pyridine rings is 1. The van der Waals surface area contributed by atoms with Crippen LogP contribution in [0.15, 0.2) is 30.5 Å². The van der Waals surface area contributed by atoms with Crippen molar-refractivity contribution < 1.29 is 9.59 Å². The Labute approximate surface area is 139 Å². The summed E-state index contributed by atoms with van der Waals surface area (Å²) in [6, 6.07) is 7.32. The molecule has 2 aliphatic rings. The maximum absolute atomic E-state index is 12.6. The first-order valence-electron chi connectivity index (χ1n) is 8.09. The van der Waals surface area contributed by atoms with Crippen LogP contribution in [0.1, 0.15) is 29.0 Å². The van der Waals surface area contributed by atoms with Crippen molar-refractivity contribution in [3.63, 3.8) is 0 Å². The standard InChI is InChI=1S/C17H19N5O2/c1-12-8-13(20-19-12)16(24)21-7-5-17(10-21)9-15(23)22(11-17)14-4-2-3-6-18-14/h2-4,6,8H,5,7,9-11H2,1H3,(H,19,20)/t17-/m0/s1. The molecule has 2 aromatic heterocycles. The minimum Gasteiger partial charge on any atom is -0.337 e. The van der Waals surface area contributed by atoms with E-state index in [0.29, 0.717) is 37.6 Å². The van der Waals surface area contributed by atoms with E-state index >= 15 is 0 Å². The van der Waals surface area contributed by atoms with Crippen LogP contribution in [0.4, 0.5) is 5.82 Å². The third-order valence-corrected chi connectivity index (χ3v) is 4.90. The van der Waals surface area contributed by atoms with Gasteiger partial charge in [0.1, 0.15) is 11.5 Å². The number of nitrogens with one attached hydrogen (secondary N) is 1. The quantitative estimate of drug-likeness (QED) is 0.904. The minimum absolute atomic E-state index is 0.0695. The summed E-state index contributed by atoms with van der Waals surface area (Å²) in [5.41, 5.74) is 1.13. The van der Waals surface area contributed by atoms with E-state index in [-0.39, 0.29) is 17.2 Å². The molecular formula is C17H19N5O2. The van der Waals surface area contributed by atoms with E-state index in [9.17, 15) is 9.59 Å². The van der Waals surface area contributed by atoms with Crippen molar-refractivity contribution in [1.29, 1.82) is 0 Å². The van der Waals surface area contributed by atoms with E-state index in [2.05, 4.69) is 15.2 Å². The van der Waals surface area contributed by atoms with Crippen molar-refractivity contribution in [3.05, 3.63) is 41.9 Å². The van der Waals surface area contributed by atoms with E-state index in [1.165, 1.54) is 0 Å². The Hall–Kier alpha value is -2.70. The summed E-state index contributed by atoms with van der Waals surface area (Å²) >= 11 is 0. The van der Waals surface area contributed by atoms with Gasteiger partial charge in [-0.2, -0.15) is 5.10 Å². The summed E-state index contributed by atoms with van der Waals surface area (Å²) in [6.07, 6.45) is 2.99. The Balaban J connectivity index is 1.50. The van der Waals surface area contributed by atoms with E-state index in [0.717, 1.165) is 12.1 Å². The number of rotatable bonds is 2. The second kappa shape index (κ2) is 5.43. The van der Waals surface area contributed by atoms with E-state index in [4.69, 9.17) is 0 Å². The number of H-pyrrole nitrogens is 1. The van der Waals surface area contributed by atoms with Gasteiger partial charge in [0.2, 0.25) is 5.91 Å². The number of hydrogen-bond donors (Lipinski definition) is 1. The van der Waals surface area contributed by atoms with Crippen molar-refractivity contribution in [2.24, 2.45) is 5.41 Å². The Bertz CT molecular complexity index is 787. The molecule has 0 saturated carbocycles. The third-order valence-electron chi connectivity index (χ3n) is 4.90. The van der Waals surface area contributed by atoms with Gasteiger partial charge in [-0.3, -0.25) is 19.6 Å². The zero-order valence-electron chi connectivity index (χ0n) is 13.5. The number of hydrogen-bond acceptors (Lipinski definition) is 4. The van der Waals surface area contributed by atoms with Gasteiger partial charge in [-0.15, -0.1) is 0 Å². The van der Waals surface area contributed by atoms with Crippen molar-refractivity contribution in [1.82, 2.24) is 20.1 Å². The number of carbonyl (C=O) groups excluding carboxylic acids is 2. The topological polar surface area (TPSA) is 82.2 Å². The molecule has 2 amide bonds. The van der Waals surface area contributed by atoms with Gasteiger partial charge in [0.05, 0.1) is 0 Å². The monoisotopic (exact) mass is 325 g/mol. The fourth-order valence-corrected chi connectivity index (χ4v) is 3.69. The van der Waals surface area contributed by atoms with Crippen LogP contribution >= 0.6 is 0 Å². The minimum atomic E-state index is -0.171. The summed E-state index contributed by atoms with van der Waals surface area (Å²) in [6.45, 7) is 3.74. The maximum Gasteiger partial charge on any atom is 0.274 e. The van der Waals surface area contributed by atoms with E-state index in [1.807, 2.05) is 30.0 Å². The van der Waals surface area contributed by atoms with Crippen LogP contribution in [0.25, 0.3) is 0 Å². The number of likely N-dealkylation sites (tertiary alicyclic amines) is 1. The van der Waals surface area contributed by atoms with Crippen molar-refractivity contribution in [3.8, 4) is 0 Å². The molecule has 7 heteroatoms. The number of aryl methyl sites for hydroxylation is 1. The van der Waals surface area contributed by atoms with Gasteiger partial charge < -0.3 is 4.90 Å². The van der Waals surface area contributed by atoms with Gasteiger partial charge in [0.15, 0.2) is 0 Å². The molecule has 0 radical (unpaired) electrons. The summed E-state index contributed by atoms with van der Waals surface area (Å²) in [7, 11) is 0. The highest BCUT2D eigenvalue weighted by Crippen LogP contribution is 2.41. The van der Waals surface area contributed by atoms with Crippen LogP contribution in [-0.4, -0.2) is 51.5 Å². The summed E-state index contributed by atoms with van der Waals surface area (Å²) in [5, 5.41) is 6.85. The molecule has 4 heterocycles. The molecule has 4 rings (SSSR count). The molecule has 7 nitrogen and oxygen atoms in total. The van der Waals surface area contributed by atoms with Gasteiger partial charge >= 0.3 is 0 Å². The number of aromatic nitrogens is 3. The molecule has 24 heavy (non-hydrogen) atoms. The molecule has 2 aromatic rings. The second-order valence-electron chi connectivity index (χ2n) is 6.76. The number of nitrogens with zero attached hydrogens (tertiary/aromatic N) is 4. The Morgan fingerprint density at radius 1 is 1.33 bits per heavy atom. The predicted octanol–water partition coefficient (Wildman–Crippen LogP) is 1.38. The van der Waals surface area contributed by atoms with Gasteiger partial charge in [-0.1, -0.05) is 6.07 Å². The summed E-state index contributed by atoms with van der Waals surface area (Å²) in [4.78, 5) is 32.9. The largest absolute Gasteiger partial charge is 0.337 e. The number of carbonyl (C=O) groups is 2. The molecule has 2 aliphatic heterocycles. The van der Waals surface area contributed by atoms with Crippen LogP contribution in [-0.2, 0) is 4.79 Å². The molecule has 1 spiro atoms. The predicted molar refractivity (Wildman–Crippen MR) is 87.5 cm³/mol. The SMILES string of the molecule is Cc1cc(C(=O)N2CC[C@]3(CC(=O)N(c4ccccn4)C3)C2)n[nH]1. The molecule has 0 aromatic carbocycles. The number of aromatic amines is 1. The lowest BCUT2D eigenvalue weighted by Gasteiger charge is -2.23. The highest BCUT2D eigenvalue weighted by molar-refractivity contribution is 5.96. The molecule has 1 N–H and O–H groups in total. The molecular weight excluding hydrogens is 306 g/mol. The summed E-state index contributed by atoms with van der Waals surface area (Å²) in [5.74, 6) is 0.700. The lowest BCUT2D eigenvalue weighted by Crippen LogP contribution is -2.34. The molecule has 0 aliphatic carbocycles. The molecule has 1 atom stereocenters. The average molecular weight is 325 g/mol. The zero-order chi connectivity index (χ0) is 16.7. The molecule has 2 fully saturated rings. The number of amides is 2. The van der Waals surface area contributed by atoms with Crippen molar-refractivity contribution in [2.45, 2.75) is 19.8 Å². The Kier molecular flexibility index (Phi) is 3.37. The Morgan fingerprint density at radius 2 is 2.21 bits per heavy atom. The van der Waals surface area contributed by atoms with Crippen molar-refractivity contribution >= 4 is 17.6 Å². The lowest BCUT2D eigenvalue weighted by molar-refractivity contribution is -0.117. The van der Waals surface area contributed by atoms with E-state index in [1.54, 1.807) is 17.2 Å². The first kappa shape index (κ1) is 14.9. The smallest absolute Gasteiger partial charge is 0.274 e. The average Bonchev–Trinajstić information content (AvgIpc) is 3.28. The van der Waals surface area contributed by atoms with Gasteiger partial charge in [0, 0.05) is 43.4 Å². The van der Waals surface area contributed by atoms with Crippen LogP contribution in [0, 0.1) is 12.3 Å². The molecule has 124 valence electrons. The maximum atomic E-state index is 12.6. The molecule has 2 saturated heterocycles. The number of anilines is 1. The van der Waals surface area contributed by atoms with Gasteiger partial charge in [-0.25, -0.2) is 4.98 Å². The first-order valence-corrected chi connectivity index (χ1v) is 8.09. The fourth-order valence-electron chi connectivity index (χ4n) is 3.69. The highest BCUT2D eigenvalue weighted by Gasteiger charge is 2.49. The first-order chi connectivity index (χ1) is 11.6. The highest BCUT2D eigenvalue weighted by atomic mass is 16.2. The van der Waals surface area contributed by atoms with Crippen LogP contribution in [0.3, 0.4) is 0 Å². The van der Waals surface area contributed by atoms with E-state index < -0.39 is 0 Å². The van der Waals surface area contributed by atoms with Crippen LogP contribution < -0.4 is 4.90 Å². The fraction of sp³-hybridized carbons (Fsp3) is 0.412. The van der Waals surface area contributed by atoms with Gasteiger partial charge in [0.25, 0.3) is 5.91 Å². The van der Waals surface area contributed by atoms with Gasteiger partial charge in [-0.05, 0) is 31.5 Å². The summed E-state index contributed by atoms with van der Waals surface area (Å²) < 4.78 is 0. The Morgan fingerprint density at radius 3 is 2.92 bits per heavy atom. The molecule has 0 unspecified atom stereocenters. The molecule has 0 bridgehead atoms. The van der Waals surface area contributed by atoms with Crippen LogP contribution in [0.5, 0.6) is 0 Å². The zero-order valence-corrected chi connectivity index (χ0v) is 13.5. The second-order valence-corrected chi connectivity index (χ2v) is 6.76. The van der Waals surface area contributed by atoms with Crippen molar-refractivity contribution in [2.75, 3.05) is 24.5 Å². The van der Waals surface area contributed by atoms with Crippen LogP contribution in [0.2, 0.25) is 0 Å². The lowest BCUT2D eigenvalue weighted by atomic mass is 9.86. The third kappa shape index (κ3) is 2.46. The normalized spacial score (nSPS) is 23.5.